The number of halogens is 1. The Morgan fingerprint density at radius 1 is 1.11 bits per heavy atom. The number of para-hydroxylation sites is 1. The first-order chi connectivity index (χ1) is 13.4. The summed E-state index contributed by atoms with van der Waals surface area (Å²) in [7, 11) is 0. The Morgan fingerprint density at radius 3 is 2.36 bits per heavy atom. The fourth-order valence-electron chi connectivity index (χ4n) is 3.92. The maximum absolute atomic E-state index is 14.2. The molecule has 0 radical (unpaired) electrons. The van der Waals surface area contributed by atoms with Crippen LogP contribution in [-0.4, -0.2) is 70.1 Å². The van der Waals surface area contributed by atoms with Crippen LogP contribution in [0.2, 0.25) is 0 Å². The van der Waals surface area contributed by atoms with E-state index in [2.05, 4.69) is 42.5 Å². The van der Waals surface area contributed by atoms with Crippen LogP contribution in [0.25, 0.3) is 5.69 Å². The van der Waals surface area contributed by atoms with Gasteiger partial charge in [0.2, 0.25) is 11.9 Å². The van der Waals surface area contributed by atoms with Crippen molar-refractivity contribution in [1.82, 2.24) is 19.4 Å². The Labute approximate surface area is 166 Å². The quantitative estimate of drug-likeness (QED) is 0.765. The smallest absolute Gasteiger partial charge is 0.237 e. The van der Waals surface area contributed by atoms with Crippen LogP contribution >= 0.6 is 0 Å². The normalized spacial score (nSPS) is 15.5. The van der Waals surface area contributed by atoms with Crippen LogP contribution in [0.5, 0.6) is 0 Å². The molecule has 1 aromatic carbocycles. The molecule has 1 fully saturated rings. The predicted molar refractivity (Wildman–Crippen MR) is 109 cm³/mol. The molecule has 0 unspecified atom stereocenters. The molecule has 6 nitrogen and oxygen atoms in total. The number of hydrogen-bond acceptors (Lipinski definition) is 4. The molecular weight excluding hydrogens is 357 g/mol. The number of imidazole rings is 1. The largest absolute Gasteiger partial charge is 0.339 e. The van der Waals surface area contributed by atoms with Gasteiger partial charge in [0.1, 0.15) is 5.82 Å². The first-order valence-corrected chi connectivity index (χ1v) is 9.95. The Morgan fingerprint density at radius 2 is 1.75 bits per heavy atom. The van der Waals surface area contributed by atoms with Crippen LogP contribution in [-0.2, 0) is 4.79 Å². The van der Waals surface area contributed by atoms with Gasteiger partial charge in [-0.25, -0.2) is 9.37 Å². The number of benzene rings is 1. The Kier molecular flexibility index (Phi) is 6.34. The van der Waals surface area contributed by atoms with E-state index in [0.717, 1.165) is 32.1 Å². The molecule has 1 aliphatic heterocycles. The summed E-state index contributed by atoms with van der Waals surface area (Å²) in [6.07, 6.45) is 3.48. The van der Waals surface area contributed by atoms with Crippen molar-refractivity contribution in [2.24, 2.45) is 0 Å². The lowest BCUT2D eigenvalue weighted by atomic mass is 10.2. The summed E-state index contributed by atoms with van der Waals surface area (Å²) < 4.78 is 16.0. The summed E-state index contributed by atoms with van der Waals surface area (Å²) in [5.41, 5.74) is 0.497. The third-order valence-corrected chi connectivity index (χ3v) is 5.15. The Hall–Kier alpha value is -2.41. The van der Waals surface area contributed by atoms with Gasteiger partial charge >= 0.3 is 0 Å². The third-order valence-electron chi connectivity index (χ3n) is 5.15. The number of carbonyl (C=O) groups excluding carboxylic acids is 1. The first kappa shape index (κ1) is 20.3. The summed E-state index contributed by atoms with van der Waals surface area (Å²) in [5.74, 6) is 0.641. The molecule has 3 rings (SSSR count). The number of piperazine rings is 1. The number of anilines is 1. The maximum atomic E-state index is 14.2. The van der Waals surface area contributed by atoms with E-state index >= 15 is 0 Å². The van der Waals surface area contributed by atoms with Crippen LogP contribution in [0.1, 0.15) is 27.7 Å². The van der Waals surface area contributed by atoms with Crippen molar-refractivity contribution in [3.63, 3.8) is 0 Å². The lowest BCUT2D eigenvalue weighted by Gasteiger charge is -2.37. The molecule has 0 bridgehead atoms. The van der Waals surface area contributed by atoms with Crippen molar-refractivity contribution < 1.29 is 9.18 Å². The molecule has 7 heteroatoms. The Balaban J connectivity index is 1.63. The molecule has 152 valence electrons. The van der Waals surface area contributed by atoms with Crippen molar-refractivity contribution in [1.29, 1.82) is 0 Å². The van der Waals surface area contributed by atoms with Gasteiger partial charge in [-0.15, -0.1) is 0 Å². The van der Waals surface area contributed by atoms with E-state index < -0.39 is 0 Å². The summed E-state index contributed by atoms with van der Waals surface area (Å²) in [6, 6.07) is 7.10. The van der Waals surface area contributed by atoms with E-state index in [4.69, 9.17) is 0 Å². The molecule has 1 amide bonds. The third kappa shape index (κ3) is 4.35. The van der Waals surface area contributed by atoms with Gasteiger partial charge in [0, 0.05) is 50.7 Å². The molecule has 1 aliphatic rings. The second-order valence-electron chi connectivity index (χ2n) is 7.80. The minimum Gasteiger partial charge on any atom is -0.339 e. The first-order valence-electron chi connectivity index (χ1n) is 9.95. The zero-order valence-corrected chi connectivity index (χ0v) is 17.2. The molecule has 1 aromatic heterocycles. The van der Waals surface area contributed by atoms with E-state index in [9.17, 15) is 9.18 Å². The van der Waals surface area contributed by atoms with Gasteiger partial charge in [-0.3, -0.25) is 14.3 Å². The highest BCUT2D eigenvalue weighted by Gasteiger charge is 2.26. The van der Waals surface area contributed by atoms with Crippen LogP contribution < -0.4 is 4.90 Å². The summed E-state index contributed by atoms with van der Waals surface area (Å²) in [6.45, 7) is 11.7. The van der Waals surface area contributed by atoms with Crippen molar-refractivity contribution in [3.8, 4) is 5.69 Å². The average molecular weight is 388 g/mol. The zero-order valence-electron chi connectivity index (χ0n) is 17.2. The molecule has 0 spiro atoms. The molecule has 0 N–H and O–H groups in total. The zero-order chi connectivity index (χ0) is 20.3. The van der Waals surface area contributed by atoms with Crippen molar-refractivity contribution >= 4 is 11.9 Å². The minimum atomic E-state index is -0.270. The van der Waals surface area contributed by atoms with E-state index in [1.165, 1.54) is 6.07 Å². The molecule has 2 heterocycles. The SMILES string of the molecule is CC(C)N(C(=O)CN1CCN(c2nccn2-c2ccccc2F)CC1)C(C)C. The number of rotatable bonds is 6. The predicted octanol–water partition coefficient (Wildman–Crippen LogP) is 2.78. The number of hydrogen-bond donors (Lipinski definition) is 0. The topological polar surface area (TPSA) is 44.6 Å². The molecule has 0 aliphatic carbocycles. The fourth-order valence-corrected chi connectivity index (χ4v) is 3.92. The van der Waals surface area contributed by atoms with Crippen molar-refractivity contribution in [3.05, 3.63) is 42.5 Å². The molecule has 2 aromatic rings. The highest BCUT2D eigenvalue weighted by atomic mass is 19.1. The second kappa shape index (κ2) is 8.73. The summed E-state index contributed by atoms with van der Waals surface area (Å²) >= 11 is 0. The van der Waals surface area contributed by atoms with Crippen LogP contribution in [0.4, 0.5) is 10.3 Å². The minimum absolute atomic E-state index is 0.173. The van der Waals surface area contributed by atoms with Crippen LogP contribution in [0.15, 0.2) is 36.7 Å². The number of amides is 1. The molecule has 0 atom stereocenters. The Bertz CT molecular complexity index is 788. The standard InChI is InChI=1S/C21H30FN5O/c1-16(2)27(17(3)4)20(28)15-24-11-13-25(14-12-24)21-23-9-10-26(21)19-8-6-5-7-18(19)22/h5-10,16-17H,11-15H2,1-4H3. The van der Waals surface area contributed by atoms with Crippen molar-refractivity contribution in [2.45, 2.75) is 39.8 Å². The average Bonchev–Trinajstić information content (AvgIpc) is 3.11. The van der Waals surface area contributed by atoms with Gasteiger partial charge in [0.05, 0.1) is 12.2 Å². The van der Waals surface area contributed by atoms with Gasteiger partial charge < -0.3 is 9.80 Å². The van der Waals surface area contributed by atoms with Gasteiger partial charge in [-0.1, -0.05) is 12.1 Å². The van der Waals surface area contributed by atoms with Gasteiger partial charge in [-0.2, -0.15) is 0 Å². The highest BCUT2D eigenvalue weighted by molar-refractivity contribution is 5.78. The summed E-state index contributed by atoms with van der Waals surface area (Å²) in [4.78, 5) is 23.4. The number of nitrogens with zero attached hydrogens (tertiary/aromatic N) is 5. The van der Waals surface area contributed by atoms with E-state index in [0.29, 0.717) is 12.2 Å². The van der Waals surface area contributed by atoms with Gasteiger partial charge in [0.15, 0.2) is 0 Å². The van der Waals surface area contributed by atoms with Crippen molar-refractivity contribution in [2.75, 3.05) is 37.6 Å². The maximum Gasteiger partial charge on any atom is 0.237 e. The lowest BCUT2D eigenvalue weighted by molar-refractivity contribution is -0.136. The molecule has 0 saturated carbocycles. The van der Waals surface area contributed by atoms with E-state index in [1.54, 1.807) is 29.1 Å². The van der Waals surface area contributed by atoms with Crippen LogP contribution in [0.3, 0.4) is 0 Å². The van der Waals surface area contributed by atoms with Gasteiger partial charge in [0.25, 0.3) is 0 Å². The van der Waals surface area contributed by atoms with Crippen LogP contribution in [0, 0.1) is 5.82 Å². The lowest BCUT2D eigenvalue weighted by Crippen LogP contribution is -2.52. The monoisotopic (exact) mass is 387 g/mol. The molecule has 28 heavy (non-hydrogen) atoms. The summed E-state index contributed by atoms with van der Waals surface area (Å²) in [5, 5.41) is 0. The second-order valence-corrected chi connectivity index (χ2v) is 7.80. The number of aromatic nitrogens is 2. The molecular formula is C21H30FN5O. The van der Waals surface area contributed by atoms with Gasteiger partial charge in [-0.05, 0) is 39.8 Å². The van der Waals surface area contributed by atoms with E-state index in [-0.39, 0.29) is 23.8 Å². The highest BCUT2D eigenvalue weighted by Crippen LogP contribution is 2.21. The molecule has 1 saturated heterocycles. The number of carbonyl (C=O) groups is 1. The van der Waals surface area contributed by atoms with E-state index in [1.807, 2.05) is 11.0 Å². The fraction of sp³-hybridized carbons (Fsp3) is 0.524.